The third kappa shape index (κ3) is 3.25. The second kappa shape index (κ2) is 6.34. The standard InChI is InChI=1S/C22H30O6/c1-13-15-6-9-21(4,28-19(13)24)17-8-11-20(3,26-17)16(25-14(2)23)7-10-22(5)18(12-15)27-22/h8,15-16,18H,1,6-7,9-12H2,2-5H3/t15-,16+,18+,20-,21-,22+/m1/s1. The van der Waals surface area contributed by atoms with E-state index in [0.29, 0.717) is 30.6 Å². The van der Waals surface area contributed by atoms with E-state index in [-0.39, 0.29) is 29.6 Å². The van der Waals surface area contributed by atoms with Crippen molar-refractivity contribution >= 4 is 11.9 Å². The molecule has 4 bridgehead atoms. The van der Waals surface area contributed by atoms with Crippen LogP contribution in [0.15, 0.2) is 24.0 Å². The smallest absolute Gasteiger partial charge is 0.334 e. The SMILES string of the molecule is C=C1C(=O)O[C@]2(C)CC[C@@H]1C[C@@H]1O[C@@]1(C)CC[C@H](OC(C)=O)[C@@]1(C)CC=C2O1. The van der Waals surface area contributed by atoms with Crippen LogP contribution in [0.1, 0.15) is 66.2 Å². The van der Waals surface area contributed by atoms with Crippen LogP contribution in [0.5, 0.6) is 0 Å². The molecule has 3 fully saturated rings. The topological polar surface area (TPSA) is 74.4 Å². The lowest BCUT2D eigenvalue weighted by Crippen LogP contribution is -2.44. The van der Waals surface area contributed by atoms with Crippen LogP contribution in [0.3, 0.4) is 0 Å². The highest BCUT2D eigenvalue weighted by Crippen LogP contribution is 2.50. The van der Waals surface area contributed by atoms with Gasteiger partial charge in [0.1, 0.15) is 17.5 Å². The molecule has 4 aliphatic heterocycles. The summed E-state index contributed by atoms with van der Waals surface area (Å²) >= 11 is 0. The number of epoxide rings is 1. The Hall–Kier alpha value is -1.82. The number of fused-ring (bicyclic) bond motifs is 7. The van der Waals surface area contributed by atoms with E-state index in [2.05, 4.69) is 13.5 Å². The lowest BCUT2D eigenvalue weighted by Gasteiger charge is -2.37. The lowest BCUT2D eigenvalue weighted by atomic mass is 9.83. The number of carbonyl (C=O) groups is 2. The molecule has 3 saturated heterocycles. The monoisotopic (exact) mass is 390 g/mol. The van der Waals surface area contributed by atoms with Gasteiger partial charge in [-0.2, -0.15) is 0 Å². The zero-order chi connectivity index (χ0) is 20.3. The van der Waals surface area contributed by atoms with E-state index in [9.17, 15) is 9.59 Å². The van der Waals surface area contributed by atoms with Gasteiger partial charge in [-0.1, -0.05) is 6.58 Å². The van der Waals surface area contributed by atoms with Gasteiger partial charge < -0.3 is 18.9 Å². The van der Waals surface area contributed by atoms with Crippen LogP contribution < -0.4 is 0 Å². The molecule has 6 atom stereocenters. The number of rotatable bonds is 1. The molecule has 28 heavy (non-hydrogen) atoms. The summed E-state index contributed by atoms with van der Waals surface area (Å²) in [5, 5.41) is 0. The van der Waals surface area contributed by atoms with Crippen LogP contribution in [-0.2, 0) is 28.5 Å². The first-order chi connectivity index (χ1) is 13.0. The second-order valence-corrected chi connectivity index (χ2v) is 9.36. The Labute approximate surface area is 166 Å². The van der Waals surface area contributed by atoms with E-state index < -0.39 is 17.3 Å². The summed E-state index contributed by atoms with van der Waals surface area (Å²) in [5.74, 6) is 0.0112. The van der Waals surface area contributed by atoms with Gasteiger partial charge in [-0.15, -0.1) is 0 Å². The van der Waals surface area contributed by atoms with E-state index in [0.717, 1.165) is 19.3 Å². The average Bonchev–Trinajstić information content (AvgIpc) is 3.09. The van der Waals surface area contributed by atoms with Gasteiger partial charge in [-0.05, 0) is 64.9 Å². The summed E-state index contributed by atoms with van der Waals surface area (Å²) in [5.41, 5.74) is -1.27. The third-order valence-corrected chi connectivity index (χ3v) is 7.03. The highest BCUT2D eigenvalue weighted by atomic mass is 16.6. The van der Waals surface area contributed by atoms with Gasteiger partial charge >= 0.3 is 11.9 Å². The maximum atomic E-state index is 12.7. The van der Waals surface area contributed by atoms with Gasteiger partial charge in [0, 0.05) is 18.9 Å². The molecule has 0 amide bonds. The summed E-state index contributed by atoms with van der Waals surface area (Å²) in [7, 11) is 0. The van der Waals surface area contributed by atoms with Crippen molar-refractivity contribution in [3.63, 3.8) is 0 Å². The maximum Gasteiger partial charge on any atom is 0.334 e. The molecule has 6 nitrogen and oxygen atoms in total. The normalized spacial score (nSPS) is 45.3. The minimum atomic E-state index is -0.838. The van der Waals surface area contributed by atoms with Crippen LogP contribution in [0.2, 0.25) is 0 Å². The summed E-state index contributed by atoms with van der Waals surface area (Å²) < 4.78 is 23.9. The van der Waals surface area contributed by atoms with E-state index in [1.807, 2.05) is 19.9 Å². The maximum absolute atomic E-state index is 12.7. The molecule has 0 radical (unpaired) electrons. The number of esters is 2. The lowest BCUT2D eigenvalue weighted by molar-refractivity contribution is -0.169. The van der Waals surface area contributed by atoms with Gasteiger partial charge in [0.2, 0.25) is 0 Å². The van der Waals surface area contributed by atoms with Crippen molar-refractivity contribution in [3.05, 3.63) is 24.0 Å². The van der Waals surface area contributed by atoms with Crippen molar-refractivity contribution in [2.24, 2.45) is 5.92 Å². The van der Waals surface area contributed by atoms with Crippen LogP contribution in [0.4, 0.5) is 0 Å². The highest BCUT2D eigenvalue weighted by molar-refractivity contribution is 5.89. The van der Waals surface area contributed by atoms with Crippen LogP contribution in [-0.4, -0.2) is 40.9 Å². The van der Waals surface area contributed by atoms with Crippen molar-refractivity contribution in [1.29, 1.82) is 0 Å². The van der Waals surface area contributed by atoms with Crippen LogP contribution >= 0.6 is 0 Å². The number of hydrogen-bond acceptors (Lipinski definition) is 6. The quantitative estimate of drug-likeness (QED) is 0.387. The number of carbonyl (C=O) groups excluding carboxylic acids is 2. The summed E-state index contributed by atoms with van der Waals surface area (Å²) in [6.07, 6.45) is 5.90. The molecule has 0 unspecified atom stereocenters. The minimum Gasteiger partial charge on any atom is -0.484 e. The predicted octanol–water partition coefficient (Wildman–Crippen LogP) is 3.59. The van der Waals surface area contributed by atoms with Crippen molar-refractivity contribution < 1.29 is 28.5 Å². The first-order valence-electron chi connectivity index (χ1n) is 10.2. The largest absolute Gasteiger partial charge is 0.484 e. The highest BCUT2D eigenvalue weighted by Gasteiger charge is 2.56. The molecule has 154 valence electrons. The summed E-state index contributed by atoms with van der Waals surface area (Å²) in [6, 6.07) is 0. The Morgan fingerprint density at radius 1 is 1.18 bits per heavy atom. The Kier molecular flexibility index (Phi) is 4.42. The van der Waals surface area contributed by atoms with Crippen LogP contribution in [0.25, 0.3) is 0 Å². The van der Waals surface area contributed by atoms with E-state index in [1.165, 1.54) is 6.92 Å². The Balaban J connectivity index is 1.69. The number of ether oxygens (including phenoxy) is 4. The van der Waals surface area contributed by atoms with E-state index in [1.54, 1.807) is 0 Å². The van der Waals surface area contributed by atoms with Gasteiger partial charge in [0.05, 0.1) is 11.7 Å². The molecule has 4 heterocycles. The van der Waals surface area contributed by atoms with Gasteiger partial charge in [-0.25, -0.2) is 4.79 Å². The molecule has 0 aromatic heterocycles. The molecule has 0 spiro atoms. The van der Waals surface area contributed by atoms with E-state index >= 15 is 0 Å². The van der Waals surface area contributed by atoms with Gasteiger partial charge in [0.25, 0.3) is 0 Å². The third-order valence-electron chi connectivity index (χ3n) is 7.03. The number of hydrogen-bond donors (Lipinski definition) is 0. The van der Waals surface area contributed by atoms with Crippen molar-refractivity contribution in [1.82, 2.24) is 0 Å². The fourth-order valence-corrected chi connectivity index (χ4v) is 4.87. The zero-order valence-electron chi connectivity index (χ0n) is 17.2. The molecule has 0 aliphatic carbocycles. The van der Waals surface area contributed by atoms with Crippen molar-refractivity contribution in [2.45, 2.75) is 95.2 Å². The van der Waals surface area contributed by atoms with Crippen molar-refractivity contribution in [2.75, 3.05) is 0 Å². The molecule has 0 N–H and O–H groups in total. The molecule has 6 heteroatoms. The Morgan fingerprint density at radius 2 is 1.93 bits per heavy atom. The molecular formula is C22H30O6. The minimum absolute atomic E-state index is 0.0413. The molecule has 4 aliphatic rings. The van der Waals surface area contributed by atoms with Crippen LogP contribution in [0, 0.1) is 5.92 Å². The summed E-state index contributed by atoms with van der Waals surface area (Å²) in [4.78, 5) is 24.4. The van der Waals surface area contributed by atoms with Gasteiger partial charge in [0.15, 0.2) is 5.60 Å². The fourth-order valence-electron chi connectivity index (χ4n) is 4.87. The van der Waals surface area contributed by atoms with Crippen molar-refractivity contribution in [3.8, 4) is 0 Å². The molecule has 0 aromatic rings. The first kappa shape index (κ1) is 19.5. The molecular weight excluding hydrogens is 360 g/mol. The molecule has 0 saturated carbocycles. The average molecular weight is 390 g/mol. The zero-order valence-corrected chi connectivity index (χ0v) is 17.2. The van der Waals surface area contributed by atoms with E-state index in [4.69, 9.17) is 18.9 Å². The van der Waals surface area contributed by atoms with Gasteiger partial charge in [-0.3, -0.25) is 4.79 Å². The second-order valence-electron chi connectivity index (χ2n) is 9.36. The summed E-state index contributed by atoms with van der Waals surface area (Å²) in [6.45, 7) is 11.4. The molecule has 0 aromatic carbocycles. The fraction of sp³-hybridized carbons (Fsp3) is 0.727. The Morgan fingerprint density at radius 3 is 2.64 bits per heavy atom. The first-order valence-corrected chi connectivity index (χ1v) is 10.2. The predicted molar refractivity (Wildman–Crippen MR) is 101 cm³/mol. The Bertz CT molecular complexity index is 756. The molecule has 4 rings (SSSR count).